The lowest BCUT2D eigenvalue weighted by Gasteiger charge is -2.28. The molecule has 0 unspecified atom stereocenters. The van der Waals surface area contributed by atoms with E-state index in [9.17, 15) is 9.59 Å². The zero-order valence-corrected chi connectivity index (χ0v) is 12.4. The van der Waals surface area contributed by atoms with Crippen molar-refractivity contribution in [2.75, 3.05) is 11.9 Å². The first-order valence-corrected chi connectivity index (χ1v) is 7.23. The Bertz CT molecular complexity index is 713. The number of carbonyl (C=O) groups excluding carboxylic acids is 2. The van der Waals surface area contributed by atoms with Crippen LogP contribution in [0.3, 0.4) is 0 Å². The van der Waals surface area contributed by atoms with Gasteiger partial charge in [0.05, 0.1) is 5.56 Å². The second kappa shape index (κ2) is 5.97. The number of nitrogens with zero attached hydrogens (tertiary/aromatic N) is 2. The molecule has 1 aliphatic rings. The Balaban J connectivity index is 1.85. The summed E-state index contributed by atoms with van der Waals surface area (Å²) in [6.45, 7) is 2.71. The molecule has 5 nitrogen and oxygen atoms in total. The number of aromatic nitrogens is 1. The summed E-state index contributed by atoms with van der Waals surface area (Å²) in [5, 5.41) is 2.88. The van der Waals surface area contributed by atoms with Gasteiger partial charge in [-0.05, 0) is 29.7 Å². The monoisotopic (exact) mass is 295 g/mol. The van der Waals surface area contributed by atoms with Gasteiger partial charge in [-0.15, -0.1) is 0 Å². The van der Waals surface area contributed by atoms with Crippen molar-refractivity contribution < 1.29 is 9.59 Å². The Hall–Kier alpha value is -2.69. The van der Waals surface area contributed by atoms with E-state index in [1.165, 1.54) is 0 Å². The molecule has 1 aliphatic heterocycles. The molecule has 0 atom stereocenters. The van der Waals surface area contributed by atoms with Crippen molar-refractivity contribution in [1.82, 2.24) is 9.88 Å². The molecular formula is C17H17N3O2. The minimum atomic E-state index is -0.160. The number of nitrogens with one attached hydrogen (secondary N) is 1. The van der Waals surface area contributed by atoms with E-state index in [1.54, 1.807) is 24.2 Å². The van der Waals surface area contributed by atoms with Crippen LogP contribution < -0.4 is 5.32 Å². The van der Waals surface area contributed by atoms with E-state index in [-0.39, 0.29) is 11.8 Å². The first kappa shape index (κ1) is 14.3. The molecule has 0 spiro atoms. The molecule has 0 bridgehead atoms. The summed E-state index contributed by atoms with van der Waals surface area (Å²) >= 11 is 0. The normalized spacial score (nSPS) is 13.4. The van der Waals surface area contributed by atoms with Gasteiger partial charge >= 0.3 is 0 Å². The van der Waals surface area contributed by atoms with Crippen molar-refractivity contribution in [1.29, 1.82) is 0 Å². The van der Waals surface area contributed by atoms with Crippen molar-refractivity contribution in [2.24, 2.45) is 0 Å². The third-order valence-electron chi connectivity index (χ3n) is 3.86. The number of benzene rings is 1. The highest BCUT2D eigenvalue weighted by molar-refractivity contribution is 6.05. The number of rotatable bonds is 2. The van der Waals surface area contributed by atoms with Gasteiger partial charge in [0.15, 0.2) is 0 Å². The molecule has 5 heteroatoms. The lowest BCUT2D eigenvalue weighted by atomic mass is 9.96. The molecule has 0 saturated carbocycles. The Labute approximate surface area is 129 Å². The number of pyridine rings is 1. The molecule has 3 rings (SSSR count). The van der Waals surface area contributed by atoms with E-state index >= 15 is 0 Å². The van der Waals surface area contributed by atoms with Gasteiger partial charge in [-0.2, -0.15) is 0 Å². The number of anilines is 1. The van der Waals surface area contributed by atoms with E-state index in [4.69, 9.17) is 0 Å². The zero-order chi connectivity index (χ0) is 15.5. The number of hydrogen-bond donors (Lipinski definition) is 1. The van der Waals surface area contributed by atoms with Crippen LogP contribution in [-0.4, -0.2) is 28.2 Å². The van der Waals surface area contributed by atoms with Crippen LogP contribution in [0.25, 0.3) is 0 Å². The SMILES string of the molecule is CC(=O)N1CCc2c(cncc2C(=O)Nc2ccccc2)C1. The van der Waals surface area contributed by atoms with Crippen LogP contribution in [0.1, 0.15) is 28.4 Å². The summed E-state index contributed by atoms with van der Waals surface area (Å²) in [6, 6.07) is 9.34. The van der Waals surface area contributed by atoms with Gasteiger partial charge in [0.2, 0.25) is 5.91 Å². The summed E-state index contributed by atoms with van der Waals surface area (Å²) in [5.74, 6) is -0.114. The molecule has 0 aliphatic carbocycles. The topological polar surface area (TPSA) is 62.3 Å². The predicted molar refractivity (Wildman–Crippen MR) is 83.4 cm³/mol. The minimum absolute atomic E-state index is 0.0461. The second-order valence-corrected chi connectivity index (χ2v) is 5.34. The van der Waals surface area contributed by atoms with Gasteiger partial charge in [-0.25, -0.2) is 0 Å². The Kier molecular flexibility index (Phi) is 3.87. The maximum atomic E-state index is 12.5. The lowest BCUT2D eigenvalue weighted by molar-refractivity contribution is -0.129. The van der Waals surface area contributed by atoms with Crippen molar-refractivity contribution in [3.05, 3.63) is 59.4 Å². The van der Waals surface area contributed by atoms with Gasteiger partial charge < -0.3 is 10.2 Å². The second-order valence-electron chi connectivity index (χ2n) is 5.34. The number of para-hydroxylation sites is 1. The van der Waals surface area contributed by atoms with Crippen LogP contribution in [0, 0.1) is 0 Å². The number of amides is 2. The van der Waals surface area contributed by atoms with Crippen LogP contribution in [0.15, 0.2) is 42.7 Å². The third-order valence-corrected chi connectivity index (χ3v) is 3.86. The summed E-state index contributed by atoms with van der Waals surface area (Å²) < 4.78 is 0. The first-order chi connectivity index (χ1) is 10.6. The molecular weight excluding hydrogens is 278 g/mol. The fraction of sp³-hybridized carbons (Fsp3) is 0.235. The molecule has 2 heterocycles. The zero-order valence-electron chi connectivity index (χ0n) is 12.4. The van der Waals surface area contributed by atoms with E-state index in [0.717, 1.165) is 16.8 Å². The van der Waals surface area contributed by atoms with Crippen LogP contribution in [-0.2, 0) is 17.8 Å². The van der Waals surface area contributed by atoms with E-state index in [1.807, 2.05) is 30.3 Å². The van der Waals surface area contributed by atoms with Crippen molar-refractivity contribution in [3.63, 3.8) is 0 Å². The molecule has 1 N–H and O–H groups in total. The van der Waals surface area contributed by atoms with Crippen LogP contribution in [0.4, 0.5) is 5.69 Å². The third kappa shape index (κ3) is 2.83. The number of fused-ring (bicyclic) bond motifs is 1. The summed E-state index contributed by atoms with van der Waals surface area (Å²) in [5.41, 5.74) is 3.28. The largest absolute Gasteiger partial charge is 0.338 e. The van der Waals surface area contributed by atoms with Crippen molar-refractivity contribution >= 4 is 17.5 Å². The van der Waals surface area contributed by atoms with E-state index in [0.29, 0.717) is 25.1 Å². The molecule has 112 valence electrons. The fourth-order valence-electron chi connectivity index (χ4n) is 2.68. The maximum Gasteiger partial charge on any atom is 0.257 e. The highest BCUT2D eigenvalue weighted by atomic mass is 16.2. The van der Waals surface area contributed by atoms with Crippen molar-refractivity contribution in [2.45, 2.75) is 19.9 Å². The molecule has 22 heavy (non-hydrogen) atoms. The van der Waals surface area contributed by atoms with Gasteiger partial charge in [0, 0.05) is 38.1 Å². The quantitative estimate of drug-likeness (QED) is 0.924. The highest BCUT2D eigenvalue weighted by Crippen LogP contribution is 2.22. The molecule has 2 amide bonds. The van der Waals surface area contributed by atoms with Crippen LogP contribution >= 0.6 is 0 Å². The number of hydrogen-bond acceptors (Lipinski definition) is 3. The molecule has 0 saturated heterocycles. The lowest BCUT2D eigenvalue weighted by Crippen LogP contribution is -2.35. The molecule has 1 aromatic heterocycles. The Morgan fingerprint density at radius 3 is 2.68 bits per heavy atom. The van der Waals surface area contributed by atoms with Crippen molar-refractivity contribution in [3.8, 4) is 0 Å². The van der Waals surface area contributed by atoms with Crippen LogP contribution in [0.5, 0.6) is 0 Å². The Morgan fingerprint density at radius 2 is 1.95 bits per heavy atom. The maximum absolute atomic E-state index is 12.5. The molecule has 0 fully saturated rings. The molecule has 0 radical (unpaired) electrons. The first-order valence-electron chi connectivity index (χ1n) is 7.23. The standard InChI is InChI=1S/C17H17N3O2/c1-12(21)20-8-7-15-13(11-20)9-18-10-16(15)17(22)19-14-5-3-2-4-6-14/h2-6,9-10H,7-8,11H2,1H3,(H,19,22). The average molecular weight is 295 g/mol. The average Bonchev–Trinajstić information content (AvgIpc) is 2.54. The minimum Gasteiger partial charge on any atom is -0.338 e. The van der Waals surface area contributed by atoms with Gasteiger partial charge in [-0.3, -0.25) is 14.6 Å². The van der Waals surface area contributed by atoms with Gasteiger partial charge in [0.1, 0.15) is 0 Å². The summed E-state index contributed by atoms with van der Waals surface area (Å²) in [7, 11) is 0. The van der Waals surface area contributed by atoms with Crippen LogP contribution in [0.2, 0.25) is 0 Å². The fourth-order valence-corrected chi connectivity index (χ4v) is 2.68. The summed E-state index contributed by atoms with van der Waals surface area (Å²) in [4.78, 5) is 29.9. The highest BCUT2D eigenvalue weighted by Gasteiger charge is 2.23. The Morgan fingerprint density at radius 1 is 1.18 bits per heavy atom. The van der Waals surface area contributed by atoms with Gasteiger partial charge in [-0.1, -0.05) is 18.2 Å². The smallest absolute Gasteiger partial charge is 0.257 e. The van der Waals surface area contributed by atoms with E-state index in [2.05, 4.69) is 10.3 Å². The molecule has 2 aromatic rings. The summed E-state index contributed by atoms with van der Waals surface area (Å²) in [6.07, 6.45) is 4.01. The van der Waals surface area contributed by atoms with Gasteiger partial charge in [0.25, 0.3) is 5.91 Å². The van der Waals surface area contributed by atoms with E-state index < -0.39 is 0 Å². The predicted octanol–water partition coefficient (Wildman–Crippen LogP) is 2.24. The molecule has 1 aromatic carbocycles. The number of carbonyl (C=O) groups is 2.